The summed E-state index contributed by atoms with van der Waals surface area (Å²) in [5.41, 5.74) is -0.503. The Morgan fingerprint density at radius 1 is 0.875 bits per heavy atom. The largest absolute Gasteiger partial charge is 0.465 e. The molecule has 2 saturated heterocycles. The monoisotopic (exact) mass is 696 g/mol. The summed E-state index contributed by atoms with van der Waals surface area (Å²) in [6, 6.07) is 0. The molecule has 0 aromatic rings. The molecule has 3 rings (SSSR count). The molecule has 0 radical (unpaired) electrons. The van der Waals surface area contributed by atoms with Crippen molar-refractivity contribution in [3.05, 3.63) is 12.2 Å². The number of carbonyl (C=O) groups is 5. The maximum Gasteiger partial charge on any atom is 0.407 e. The highest BCUT2D eigenvalue weighted by Gasteiger charge is 2.60. The van der Waals surface area contributed by atoms with E-state index in [-0.39, 0.29) is 57.2 Å². The number of amides is 3. The topological polar surface area (TPSA) is 138 Å². The third-order valence-corrected chi connectivity index (χ3v) is 6.39. The SMILES string of the molecule is C.CC(C)(Br)C(=O)OCCN1C(=O)[C@@H]2[C@H](C1=O)[C@H]1C=C[C@@H]2O1.CC(C)(C)OC(=O)NCCCOC(=O)C(C)(C)Br. The van der Waals surface area contributed by atoms with Gasteiger partial charge in [-0.15, -0.1) is 0 Å². The zero-order valence-corrected chi connectivity index (χ0v) is 26.5. The van der Waals surface area contributed by atoms with Crippen molar-refractivity contribution in [2.45, 2.75) is 88.8 Å². The Labute approximate surface area is 253 Å². The number of hydrogen-bond acceptors (Lipinski definition) is 9. The minimum absolute atomic E-state index is 0. The first-order chi connectivity index (χ1) is 17.8. The van der Waals surface area contributed by atoms with Crippen LogP contribution in [0.15, 0.2) is 12.2 Å². The van der Waals surface area contributed by atoms with Gasteiger partial charge in [-0.2, -0.15) is 0 Å². The van der Waals surface area contributed by atoms with Gasteiger partial charge in [-0.3, -0.25) is 24.1 Å². The lowest BCUT2D eigenvalue weighted by atomic mass is 9.85. The molecule has 1 N–H and O–H groups in total. The molecule has 0 aromatic heterocycles. The predicted octanol–water partition coefficient (Wildman–Crippen LogP) is 3.90. The summed E-state index contributed by atoms with van der Waals surface area (Å²) in [5.74, 6) is -2.01. The molecule has 13 heteroatoms. The number of ether oxygens (including phenoxy) is 4. The molecule has 0 aromatic carbocycles. The fraction of sp³-hybridized carbons (Fsp3) is 0.741. The molecule has 0 saturated carbocycles. The Morgan fingerprint density at radius 2 is 1.32 bits per heavy atom. The normalized spacial score (nSPS) is 23.1. The Kier molecular flexibility index (Phi) is 12.8. The van der Waals surface area contributed by atoms with Gasteiger partial charge in [0.15, 0.2) is 0 Å². The number of halogens is 2. The molecule has 40 heavy (non-hydrogen) atoms. The fourth-order valence-corrected chi connectivity index (χ4v) is 4.13. The molecule has 4 atom stereocenters. The zero-order chi connectivity index (χ0) is 29.8. The minimum atomic E-state index is -0.778. The molecule has 3 heterocycles. The number of alkyl carbamates (subject to hydrolysis) is 1. The smallest absolute Gasteiger partial charge is 0.407 e. The van der Waals surface area contributed by atoms with Gasteiger partial charge in [0, 0.05) is 6.54 Å². The van der Waals surface area contributed by atoms with E-state index >= 15 is 0 Å². The van der Waals surface area contributed by atoms with E-state index in [2.05, 4.69) is 37.2 Å². The van der Waals surface area contributed by atoms with Crippen molar-refractivity contribution in [3.8, 4) is 0 Å². The second kappa shape index (κ2) is 14.3. The second-order valence-electron chi connectivity index (χ2n) is 11.3. The Hall–Kier alpha value is -1.99. The fourth-order valence-electron chi connectivity index (χ4n) is 3.90. The number of likely N-dealkylation sites (tertiary alicyclic amines) is 1. The van der Waals surface area contributed by atoms with Crippen LogP contribution in [0.4, 0.5) is 4.79 Å². The van der Waals surface area contributed by atoms with Crippen molar-refractivity contribution >= 4 is 61.7 Å². The number of alkyl halides is 2. The highest BCUT2D eigenvalue weighted by atomic mass is 79.9. The molecule has 3 aliphatic rings. The van der Waals surface area contributed by atoms with E-state index < -0.39 is 38.1 Å². The zero-order valence-electron chi connectivity index (χ0n) is 23.4. The highest BCUT2D eigenvalue weighted by Crippen LogP contribution is 2.44. The number of hydrogen-bond donors (Lipinski definition) is 1. The number of nitrogens with one attached hydrogen (secondary N) is 1. The lowest BCUT2D eigenvalue weighted by Crippen LogP contribution is -2.38. The van der Waals surface area contributed by atoms with Gasteiger partial charge in [0.25, 0.3) is 0 Å². The predicted molar refractivity (Wildman–Crippen MR) is 155 cm³/mol. The van der Waals surface area contributed by atoms with Crippen molar-refractivity contribution in [1.29, 1.82) is 0 Å². The van der Waals surface area contributed by atoms with Gasteiger partial charge in [0.1, 0.15) is 20.9 Å². The van der Waals surface area contributed by atoms with Gasteiger partial charge in [0.05, 0.1) is 37.2 Å². The molecule has 228 valence electrons. The summed E-state index contributed by atoms with van der Waals surface area (Å²) in [5, 5.41) is 2.59. The van der Waals surface area contributed by atoms with Crippen LogP contribution in [0.5, 0.6) is 0 Å². The van der Waals surface area contributed by atoms with Crippen molar-refractivity contribution in [3.63, 3.8) is 0 Å². The number of rotatable bonds is 9. The molecular weight excluding hydrogens is 656 g/mol. The molecule has 11 nitrogen and oxygen atoms in total. The average molecular weight is 698 g/mol. The van der Waals surface area contributed by atoms with Crippen LogP contribution >= 0.6 is 31.9 Å². The standard InChI is InChI=1S/C14H16BrNO5.C12H22BrNO4.CH4/c1-14(2,15)13(19)20-6-5-16-11(17)9-7-3-4-8(21-7)10(9)12(16)18;1-11(2,3)18-10(16)14-7-6-8-17-9(15)12(4,5)13;/h3-4,7-10H,5-6H2,1-2H3;6-8H2,1-5H3,(H,14,16);1H4/t7-,8+,9-,10+;;. The van der Waals surface area contributed by atoms with E-state index in [1.165, 1.54) is 4.90 Å². The van der Waals surface area contributed by atoms with Gasteiger partial charge in [0.2, 0.25) is 11.8 Å². The Morgan fingerprint density at radius 3 is 1.75 bits per heavy atom. The highest BCUT2D eigenvalue weighted by molar-refractivity contribution is 9.10. The van der Waals surface area contributed by atoms with Gasteiger partial charge in [-0.1, -0.05) is 51.4 Å². The number of imide groups is 1. The van der Waals surface area contributed by atoms with Crippen LogP contribution in [0.2, 0.25) is 0 Å². The summed E-state index contributed by atoms with van der Waals surface area (Å²) in [4.78, 5) is 60.1. The maximum absolute atomic E-state index is 12.3. The number of esters is 2. The number of carbonyl (C=O) groups excluding carboxylic acids is 5. The van der Waals surface area contributed by atoms with Crippen molar-refractivity contribution in [2.75, 3.05) is 26.3 Å². The summed E-state index contributed by atoms with van der Waals surface area (Å²) < 4.78 is 19.2. The summed E-state index contributed by atoms with van der Waals surface area (Å²) in [6.07, 6.45) is 3.20. The first-order valence-corrected chi connectivity index (χ1v) is 14.3. The van der Waals surface area contributed by atoms with Crippen LogP contribution in [0.3, 0.4) is 0 Å². The molecule has 0 aliphatic carbocycles. The summed E-state index contributed by atoms with van der Waals surface area (Å²) in [7, 11) is 0. The first kappa shape index (κ1) is 36.0. The van der Waals surface area contributed by atoms with Crippen LogP contribution in [-0.4, -0.2) is 87.5 Å². The van der Waals surface area contributed by atoms with E-state index in [4.69, 9.17) is 18.9 Å². The summed E-state index contributed by atoms with van der Waals surface area (Å²) >= 11 is 6.40. The van der Waals surface area contributed by atoms with E-state index in [0.29, 0.717) is 13.0 Å². The van der Waals surface area contributed by atoms with Crippen molar-refractivity contribution < 1.29 is 42.9 Å². The van der Waals surface area contributed by atoms with Crippen molar-refractivity contribution in [1.82, 2.24) is 10.2 Å². The van der Waals surface area contributed by atoms with E-state index in [1.807, 2.05) is 12.2 Å². The van der Waals surface area contributed by atoms with E-state index in [9.17, 15) is 24.0 Å². The minimum Gasteiger partial charge on any atom is -0.465 e. The van der Waals surface area contributed by atoms with Crippen LogP contribution < -0.4 is 5.32 Å². The molecule has 2 fully saturated rings. The van der Waals surface area contributed by atoms with Crippen LogP contribution in [0, 0.1) is 11.8 Å². The van der Waals surface area contributed by atoms with E-state index in [1.54, 1.807) is 48.5 Å². The second-order valence-corrected chi connectivity index (χ2v) is 15.3. The van der Waals surface area contributed by atoms with Crippen LogP contribution in [0.1, 0.15) is 62.3 Å². The maximum atomic E-state index is 12.3. The molecule has 3 aliphatic heterocycles. The Balaban J connectivity index is 0.000000397. The first-order valence-electron chi connectivity index (χ1n) is 12.7. The van der Waals surface area contributed by atoms with Gasteiger partial charge in [-0.05, 0) is 54.9 Å². The van der Waals surface area contributed by atoms with Gasteiger partial charge < -0.3 is 24.3 Å². The van der Waals surface area contributed by atoms with Crippen LogP contribution in [-0.2, 0) is 38.1 Å². The molecule has 0 spiro atoms. The Bertz CT molecular complexity index is 950. The lowest BCUT2D eigenvalue weighted by molar-refractivity contribution is -0.150. The third kappa shape index (κ3) is 10.1. The van der Waals surface area contributed by atoms with Gasteiger partial charge >= 0.3 is 18.0 Å². The molecule has 0 unspecified atom stereocenters. The van der Waals surface area contributed by atoms with Crippen molar-refractivity contribution in [2.24, 2.45) is 11.8 Å². The van der Waals surface area contributed by atoms with Gasteiger partial charge in [-0.25, -0.2) is 4.79 Å². The molecule has 2 bridgehead atoms. The molecular formula is C27H42Br2N2O9. The lowest BCUT2D eigenvalue weighted by Gasteiger charge is -2.19. The number of nitrogens with zero attached hydrogens (tertiary/aromatic N) is 1. The molecule has 3 amide bonds. The third-order valence-electron chi connectivity index (χ3n) is 5.74. The van der Waals surface area contributed by atoms with Crippen LogP contribution in [0.25, 0.3) is 0 Å². The van der Waals surface area contributed by atoms with E-state index in [0.717, 1.165) is 0 Å². The quantitative estimate of drug-likeness (QED) is 0.0950. The summed E-state index contributed by atoms with van der Waals surface area (Å²) in [6.45, 7) is 13.0. The average Bonchev–Trinajstić information content (AvgIpc) is 3.46. The number of fused-ring (bicyclic) bond motifs is 5.